The lowest BCUT2D eigenvalue weighted by molar-refractivity contribution is 0.0474. The fourth-order valence-corrected chi connectivity index (χ4v) is 2.99. The van der Waals surface area contributed by atoms with Crippen molar-refractivity contribution < 1.29 is 14.6 Å². The van der Waals surface area contributed by atoms with E-state index < -0.39 is 17.2 Å². The van der Waals surface area contributed by atoms with Crippen molar-refractivity contribution in [3.63, 3.8) is 0 Å². The molecule has 0 heterocycles. The van der Waals surface area contributed by atoms with Gasteiger partial charge in [0, 0.05) is 6.61 Å². The van der Waals surface area contributed by atoms with Crippen LogP contribution < -0.4 is 5.32 Å². The second kappa shape index (κ2) is 7.67. The van der Waals surface area contributed by atoms with Gasteiger partial charge in [0.1, 0.15) is 5.60 Å². The summed E-state index contributed by atoms with van der Waals surface area (Å²) in [6.45, 7) is 5.63. The fourth-order valence-electron chi connectivity index (χ4n) is 2.99. The van der Waals surface area contributed by atoms with Gasteiger partial charge < -0.3 is 15.2 Å². The van der Waals surface area contributed by atoms with Gasteiger partial charge in [0.2, 0.25) is 0 Å². The maximum atomic E-state index is 12.4. The van der Waals surface area contributed by atoms with Crippen molar-refractivity contribution in [3.8, 4) is 0 Å². The van der Waals surface area contributed by atoms with Gasteiger partial charge >= 0.3 is 6.09 Å². The van der Waals surface area contributed by atoms with Crippen LogP contribution in [-0.4, -0.2) is 28.9 Å². The van der Waals surface area contributed by atoms with Gasteiger partial charge in [-0.25, -0.2) is 4.79 Å². The minimum absolute atomic E-state index is 0.0868. The van der Waals surface area contributed by atoms with E-state index in [4.69, 9.17) is 4.74 Å². The van der Waals surface area contributed by atoms with Gasteiger partial charge in [-0.15, -0.1) is 0 Å². The first kappa shape index (κ1) is 18.3. The quantitative estimate of drug-likeness (QED) is 0.856. The van der Waals surface area contributed by atoms with E-state index in [-0.39, 0.29) is 6.61 Å². The molecule has 0 saturated heterocycles. The van der Waals surface area contributed by atoms with Crippen LogP contribution >= 0.6 is 0 Å². The molecule has 1 aromatic carbocycles. The van der Waals surface area contributed by atoms with Crippen molar-refractivity contribution in [1.29, 1.82) is 0 Å². The molecule has 0 saturated carbocycles. The summed E-state index contributed by atoms with van der Waals surface area (Å²) in [4.78, 5) is 12.4. The number of benzene rings is 1. The van der Waals surface area contributed by atoms with Gasteiger partial charge in [-0.1, -0.05) is 48.6 Å². The Balaban J connectivity index is 2.33. The third-order valence-corrected chi connectivity index (χ3v) is 3.97. The first-order valence-corrected chi connectivity index (χ1v) is 8.41. The number of nitrogens with one attached hydrogen (secondary N) is 1. The van der Waals surface area contributed by atoms with Crippen molar-refractivity contribution >= 4 is 11.7 Å². The average Bonchev–Trinajstić information content (AvgIpc) is 2.52. The molecule has 4 nitrogen and oxygen atoms in total. The van der Waals surface area contributed by atoms with Crippen LogP contribution in [0.2, 0.25) is 0 Å². The van der Waals surface area contributed by atoms with Crippen LogP contribution in [0.4, 0.5) is 4.79 Å². The van der Waals surface area contributed by atoms with E-state index in [0.29, 0.717) is 19.3 Å². The molecule has 2 N–H and O–H groups in total. The standard InChI is InChI=1S/C20H27NO3/c1-19(2,3)24-18(23)21-20(14-9-15-22)13-8-7-12-17(20)16-10-5-4-6-11-16/h4-8,10-12,22H,9,13-15H2,1-3H3,(H,21,23)/t20-/m0/s1. The maximum Gasteiger partial charge on any atom is 0.408 e. The third-order valence-electron chi connectivity index (χ3n) is 3.97. The number of aliphatic hydroxyl groups is 1. The largest absolute Gasteiger partial charge is 0.444 e. The van der Waals surface area contributed by atoms with E-state index in [2.05, 4.69) is 5.32 Å². The number of ether oxygens (including phenoxy) is 1. The van der Waals surface area contributed by atoms with Gasteiger partial charge in [0.15, 0.2) is 0 Å². The molecule has 0 aromatic heterocycles. The Morgan fingerprint density at radius 1 is 1.29 bits per heavy atom. The summed E-state index contributed by atoms with van der Waals surface area (Å²) in [5.74, 6) is 0. The Morgan fingerprint density at radius 3 is 2.62 bits per heavy atom. The molecule has 0 bridgehead atoms. The summed E-state index contributed by atoms with van der Waals surface area (Å²) in [6, 6.07) is 10.0. The maximum absolute atomic E-state index is 12.4. The first-order chi connectivity index (χ1) is 11.4. The molecule has 1 aliphatic carbocycles. The first-order valence-electron chi connectivity index (χ1n) is 8.41. The number of allylic oxidation sites excluding steroid dienone is 2. The zero-order valence-corrected chi connectivity index (χ0v) is 14.7. The van der Waals surface area contributed by atoms with Crippen LogP contribution in [0, 0.1) is 0 Å². The Bertz CT molecular complexity index is 614. The SMILES string of the molecule is CC(C)(C)OC(=O)N[C@]1(CCCO)CC=CC=C1c1ccccc1. The van der Waals surface area contributed by atoms with Crippen LogP contribution in [0.1, 0.15) is 45.6 Å². The second-order valence-corrected chi connectivity index (χ2v) is 7.11. The lowest BCUT2D eigenvalue weighted by Gasteiger charge is -2.38. The highest BCUT2D eigenvalue weighted by Gasteiger charge is 2.37. The number of hydrogen-bond acceptors (Lipinski definition) is 3. The van der Waals surface area contributed by atoms with Crippen molar-refractivity contribution in [2.75, 3.05) is 6.61 Å². The van der Waals surface area contributed by atoms with Crippen LogP contribution in [-0.2, 0) is 4.74 Å². The topological polar surface area (TPSA) is 58.6 Å². The van der Waals surface area contributed by atoms with Gasteiger partial charge in [0.25, 0.3) is 0 Å². The van der Waals surface area contributed by atoms with Crippen molar-refractivity contribution in [2.45, 2.75) is 51.2 Å². The number of amides is 1. The second-order valence-electron chi connectivity index (χ2n) is 7.11. The molecule has 0 aliphatic heterocycles. The fraction of sp³-hybridized carbons (Fsp3) is 0.450. The summed E-state index contributed by atoms with van der Waals surface area (Å²) >= 11 is 0. The predicted molar refractivity (Wildman–Crippen MR) is 96.6 cm³/mol. The van der Waals surface area contributed by atoms with Crippen LogP contribution in [0.3, 0.4) is 0 Å². The Morgan fingerprint density at radius 2 is 2.00 bits per heavy atom. The number of carbonyl (C=O) groups excluding carboxylic acids is 1. The molecule has 0 fully saturated rings. The Labute approximate surface area is 144 Å². The molecule has 1 atom stereocenters. The van der Waals surface area contributed by atoms with Crippen molar-refractivity contribution in [3.05, 3.63) is 54.1 Å². The normalized spacial score (nSPS) is 20.4. The number of rotatable bonds is 5. The zero-order chi connectivity index (χ0) is 17.6. The smallest absolute Gasteiger partial charge is 0.408 e. The molecule has 24 heavy (non-hydrogen) atoms. The average molecular weight is 329 g/mol. The van der Waals surface area contributed by atoms with Gasteiger partial charge in [0.05, 0.1) is 5.54 Å². The summed E-state index contributed by atoms with van der Waals surface area (Å²) in [6.07, 6.45) is 7.58. The molecular formula is C20H27NO3. The van der Waals surface area contributed by atoms with Gasteiger partial charge in [-0.05, 0) is 51.2 Å². The molecule has 1 aromatic rings. The highest BCUT2D eigenvalue weighted by atomic mass is 16.6. The third kappa shape index (κ3) is 4.71. The van der Waals surface area contributed by atoms with Gasteiger partial charge in [-0.3, -0.25) is 0 Å². The molecule has 4 heteroatoms. The van der Waals surface area contributed by atoms with E-state index in [1.165, 1.54) is 0 Å². The Hall–Kier alpha value is -2.07. The highest BCUT2D eigenvalue weighted by molar-refractivity contribution is 5.81. The monoisotopic (exact) mass is 329 g/mol. The van der Waals surface area contributed by atoms with E-state index >= 15 is 0 Å². The summed E-state index contributed by atoms with van der Waals surface area (Å²) in [5, 5.41) is 12.4. The molecule has 1 amide bonds. The van der Waals surface area contributed by atoms with Crippen LogP contribution in [0.15, 0.2) is 48.6 Å². The zero-order valence-electron chi connectivity index (χ0n) is 14.7. The number of alkyl carbamates (subject to hydrolysis) is 1. The minimum atomic E-state index is -0.568. The van der Waals surface area contributed by atoms with Crippen LogP contribution in [0.5, 0.6) is 0 Å². The number of hydrogen-bond donors (Lipinski definition) is 2. The van der Waals surface area contributed by atoms with Crippen molar-refractivity contribution in [1.82, 2.24) is 5.32 Å². The van der Waals surface area contributed by atoms with E-state index in [1.807, 2.05) is 69.3 Å². The molecule has 1 aliphatic rings. The predicted octanol–water partition coefficient (Wildman–Crippen LogP) is 4.07. The number of aliphatic hydroxyl groups excluding tert-OH is 1. The molecule has 2 rings (SSSR count). The molecule has 0 radical (unpaired) electrons. The van der Waals surface area contributed by atoms with Crippen molar-refractivity contribution in [2.24, 2.45) is 0 Å². The molecular weight excluding hydrogens is 302 g/mol. The lowest BCUT2D eigenvalue weighted by atomic mass is 9.76. The molecule has 130 valence electrons. The minimum Gasteiger partial charge on any atom is -0.444 e. The summed E-state index contributed by atoms with van der Waals surface area (Å²) in [5.41, 5.74) is 0.991. The molecule has 0 spiro atoms. The van der Waals surface area contributed by atoms with E-state index in [9.17, 15) is 9.90 Å². The Kier molecular flexibility index (Phi) is 5.84. The van der Waals surface area contributed by atoms with E-state index in [1.54, 1.807) is 0 Å². The summed E-state index contributed by atoms with van der Waals surface area (Å²) in [7, 11) is 0. The highest BCUT2D eigenvalue weighted by Crippen LogP contribution is 2.37. The number of carbonyl (C=O) groups is 1. The van der Waals surface area contributed by atoms with Gasteiger partial charge in [-0.2, -0.15) is 0 Å². The lowest BCUT2D eigenvalue weighted by Crippen LogP contribution is -2.51. The summed E-state index contributed by atoms with van der Waals surface area (Å²) < 4.78 is 5.47. The van der Waals surface area contributed by atoms with Crippen LogP contribution in [0.25, 0.3) is 5.57 Å². The van der Waals surface area contributed by atoms with E-state index in [0.717, 1.165) is 11.1 Å². The molecule has 0 unspecified atom stereocenters.